The van der Waals surface area contributed by atoms with E-state index in [0.29, 0.717) is 21.5 Å². The van der Waals surface area contributed by atoms with Crippen molar-refractivity contribution in [3.63, 3.8) is 0 Å². The smallest absolute Gasteiger partial charge is 0.419 e. The number of aromatic nitrogens is 2. The number of pyridine rings is 1. The molecule has 2 aromatic heterocycles. The molecule has 0 fully saturated rings. The summed E-state index contributed by atoms with van der Waals surface area (Å²) in [5, 5.41) is 20.5. The first-order valence-corrected chi connectivity index (χ1v) is 24.3. The van der Waals surface area contributed by atoms with Gasteiger partial charge in [-0.3, -0.25) is 19.0 Å². The number of likely N-dealkylation sites (N-methyl/N-ethyl adjacent to an activating group) is 1. The van der Waals surface area contributed by atoms with E-state index in [1.54, 1.807) is 78.2 Å². The normalized spacial score (nSPS) is 17.8. The standard InChI is InChI=1S/C49H64BrF2N7O8S/c1-30-20-21-35(50)34-27-55-43(62)39(25-32-28-59(47(65)67-49(5,6)7)38-19-10-9-16-33(32)38)57(8)45(63)37(17-11-12-23-58(29-40(51)52)46(64)66-48(2,3)4)56-42(61)36(18-14-24-60)54-26-31-15-13-22-53-44(31)68-41(30)34/h9-10,13,15-16,19-22,28,36-37,39-40,54,60H,11-12,14,17-18,23-27,29H2,1-8H3,(H,55,62)(H,56,61)/t36-,37-,39-/m0/s1. The fourth-order valence-electron chi connectivity index (χ4n) is 7.74. The molecule has 4 aromatic rings. The lowest BCUT2D eigenvalue weighted by atomic mass is 10.0. The number of rotatable bonds is 12. The number of fused-ring (bicyclic) bond motifs is 3. The highest BCUT2D eigenvalue weighted by Crippen LogP contribution is 2.37. The molecule has 3 atom stereocenters. The minimum atomic E-state index is -2.82. The predicted octanol–water partition coefficient (Wildman–Crippen LogP) is 8.13. The Morgan fingerprint density at radius 2 is 1.65 bits per heavy atom. The summed E-state index contributed by atoms with van der Waals surface area (Å²) in [6.07, 6.45) is -0.269. The highest BCUT2D eigenvalue weighted by molar-refractivity contribution is 9.10. The number of aliphatic hydroxyl groups excluding tert-OH is 1. The average Bonchev–Trinajstić information content (AvgIpc) is 3.63. The van der Waals surface area contributed by atoms with E-state index in [4.69, 9.17) is 14.5 Å². The number of halogens is 3. The second-order valence-electron chi connectivity index (χ2n) is 18.8. The summed E-state index contributed by atoms with van der Waals surface area (Å²) in [5.74, 6) is -1.67. The van der Waals surface area contributed by atoms with Gasteiger partial charge in [-0.15, -0.1) is 0 Å². The van der Waals surface area contributed by atoms with Crippen molar-refractivity contribution in [3.05, 3.63) is 87.7 Å². The Bertz CT molecular complexity index is 2420. The van der Waals surface area contributed by atoms with Crippen molar-refractivity contribution in [2.24, 2.45) is 0 Å². The van der Waals surface area contributed by atoms with E-state index < -0.39 is 72.2 Å². The molecule has 5 rings (SSSR count). The Kier molecular flexibility index (Phi) is 19.0. The van der Waals surface area contributed by atoms with Gasteiger partial charge in [0.25, 0.3) is 6.43 Å². The van der Waals surface area contributed by atoms with Crippen molar-refractivity contribution in [1.82, 2.24) is 35.3 Å². The van der Waals surface area contributed by atoms with E-state index in [-0.39, 0.29) is 64.8 Å². The van der Waals surface area contributed by atoms with Gasteiger partial charge in [-0.2, -0.15) is 0 Å². The monoisotopic (exact) mass is 1030 g/mol. The molecule has 2 aromatic carbocycles. The van der Waals surface area contributed by atoms with Crippen molar-refractivity contribution in [2.45, 2.75) is 146 Å². The molecule has 19 heteroatoms. The quantitative estimate of drug-likeness (QED) is 0.101. The number of nitrogens with one attached hydrogen (secondary N) is 3. The van der Waals surface area contributed by atoms with Gasteiger partial charge in [0.1, 0.15) is 28.3 Å². The molecule has 0 spiro atoms. The van der Waals surface area contributed by atoms with Gasteiger partial charge in [0.2, 0.25) is 17.7 Å². The Morgan fingerprint density at radius 3 is 2.34 bits per heavy atom. The summed E-state index contributed by atoms with van der Waals surface area (Å²) in [4.78, 5) is 78.5. The lowest BCUT2D eigenvalue weighted by Gasteiger charge is -2.32. The number of benzene rings is 2. The van der Waals surface area contributed by atoms with Gasteiger partial charge in [-0.05, 0) is 121 Å². The summed E-state index contributed by atoms with van der Waals surface area (Å²) in [6.45, 7) is 11.3. The zero-order valence-corrected chi connectivity index (χ0v) is 42.4. The molecule has 1 aliphatic rings. The predicted molar refractivity (Wildman–Crippen MR) is 259 cm³/mol. The number of amides is 4. The average molecular weight is 1030 g/mol. The van der Waals surface area contributed by atoms with Gasteiger partial charge in [0.15, 0.2) is 0 Å². The van der Waals surface area contributed by atoms with Gasteiger partial charge in [0.05, 0.1) is 18.1 Å². The third-order valence-corrected chi connectivity index (χ3v) is 13.2. The Balaban J connectivity index is 1.58. The fraction of sp³-hybridized carbons (Fsp3) is 0.510. The molecule has 0 unspecified atom stereocenters. The van der Waals surface area contributed by atoms with E-state index in [0.717, 1.165) is 31.0 Å². The van der Waals surface area contributed by atoms with Crippen LogP contribution in [0.3, 0.4) is 0 Å². The minimum absolute atomic E-state index is 0.00769. The van der Waals surface area contributed by atoms with E-state index in [2.05, 4.69) is 31.9 Å². The Labute approximate surface area is 409 Å². The number of hydrogen-bond acceptors (Lipinski definition) is 11. The van der Waals surface area contributed by atoms with Crippen LogP contribution in [0.2, 0.25) is 0 Å². The van der Waals surface area contributed by atoms with Crippen LogP contribution >= 0.6 is 27.7 Å². The SMILES string of the molecule is Cc1ccc(Br)c2c1Sc1ncccc1CN[C@@H](CCCO)C(=O)N[C@@H](CCCCN(CC(F)F)C(=O)OC(C)(C)C)C(=O)N(C)[C@@H](Cc1cn(C(=O)OC(C)(C)C)c3ccccc13)C(=O)NC2. The van der Waals surface area contributed by atoms with E-state index in [1.807, 2.05) is 31.2 Å². The number of carbonyl (C=O) groups is 5. The summed E-state index contributed by atoms with van der Waals surface area (Å²) >= 11 is 5.13. The summed E-state index contributed by atoms with van der Waals surface area (Å²) in [6, 6.07) is 11.4. The van der Waals surface area contributed by atoms with Crippen LogP contribution in [-0.4, -0.2) is 117 Å². The van der Waals surface area contributed by atoms with Gasteiger partial charge >= 0.3 is 12.2 Å². The number of para-hydroxylation sites is 1. The van der Waals surface area contributed by atoms with Crippen molar-refractivity contribution in [3.8, 4) is 0 Å². The number of unbranched alkanes of at least 4 members (excludes halogenated alkanes) is 1. The van der Waals surface area contributed by atoms with Crippen LogP contribution in [0, 0.1) is 6.92 Å². The second kappa shape index (κ2) is 23.9. The number of aliphatic hydroxyl groups is 1. The minimum Gasteiger partial charge on any atom is -0.444 e. The van der Waals surface area contributed by atoms with Crippen LogP contribution in [0.25, 0.3) is 10.9 Å². The zero-order chi connectivity index (χ0) is 49.9. The van der Waals surface area contributed by atoms with E-state index in [9.17, 15) is 33.1 Å². The fourth-order valence-corrected chi connectivity index (χ4v) is 9.46. The highest BCUT2D eigenvalue weighted by atomic mass is 79.9. The number of hydrogen-bond donors (Lipinski definition) is 4. The van der Waals surface area contributed by atoms with Gasteiger partial charge in [-0.25, -0.2) is 23.4 Å². The number of ether oxygens (including phenoxy) is 2. The second-order valence-corrected chi connectivity index (χ2v) is 20.7. The molecule has 68 heavy (non-hydrogen) atoms. The number of aryl methyl sites for hydroxylation is 1. The molecule has 370 valence electrons. The Hall–Kier alpha value is -5.11. The first-order valence-electron chi connectivity index (χ1n) is 22.7. The van der Waals surface area contributed by atoms with Crippen LogP contribution in [0.4, 0.5) is 18.4 Å². The molecule has 0 saturated carbocycles. The highest BCUT2D eigenvalue weighted by Gasteiger charge is 2.35. The van der Waals surface area contributed by atoms with Crippen molar-refractivity contribution in [1.29, 1.82) is 0 Å². The summed E-state index contributed by atoms with van der Waals surface area (Å²) in [5.41, 5.74) is 1.86. The molecule has 0 saturated heterocycles. The number of nitrogens with zero attached hydrogens (tertiary/aromatic N) is 4. The van der Waals surface area contributed by atoms with Crippen LogP contribution < -0.4 is 16.0 Å². The van der Waals surface area contributed by atoms with Crippen LogP contribution in [0.15, 0.2) is 75.3 Å². The largest absolute Gasteiger partial charge is 0.444 e. The van der Waals surface area contributed by atoms with Gasteiger partial charge in [0, 0.05) is 66.9 Å². The molecular formula is C49H64BrF2N7O8S. The first-order chi connectivity index (χ1) is 32.1. The molecule has 4 amide bonds. The van der Waals surface area contributed by atoms with Gasteiger partial charge < -0.3 is 40.3 Å². The number of carbonyl (C=O) groups excluding carboxylic acids is 5. The third kappa shape index (κ3) is 14.9. The molecule has 0 radical (unpaired) electrons. The maximum absolute atomic E-state index is 15.0. The molecule has 3 heterocycles. The topological polar surface area (TPSA) is 184 Å². The summed E-state index contributed by atoms with van der Waals surface area (Å²) in [7, 11) is 1.48. The summed E-state index contributed by atoms with van der Waals surface area (Å²) < 4.78 is 40.5. The third-order valence-electron chi connectivity index (χ3n) is 11.1. The molecule has 0 bridgehead atoms. The molecule has 0 aliphatic carbocycles. The Morgan fingerprint density at radius 1 is 0.941 bits per heavy atom. The van der Waals surface area contributed by atoms with E-state index >= 15 is 4.79 Å². The molecule has 1 aliphatic heterocycles. The lowest BCUT2D eigenvalue weighted by molar-refractivity contribution is -0.142. The molecule has 15 nitrogen and oxygen atoms in total. The van der Waals surface area contributed by atoms with Crippen molar-refractivity contribution in [2.75, 3.05) is 26.7 Å². The van der Waals surface area contributed by atoms with Crippen molar-refractivity contribution < 1.29 is 47.3 Å². The maximum Gasteiger partial charge on any atom is 0.419 e. The number of alkyl halides is 2. The van der Waals surface area contributed by atoms with Gasteiger partial charge in [-0.1, -0.05) is 58.0 Å². The lowest BCUT2D eigenvalue weighted by Crippen LogP contribution is -2.57. The molecule has 4 N–H and O–H groups in total. The van der Waals surface area contributed by atoms with Crippen LogP contribution in [-0.2, 0) is 43.4 Å². The van der Waals surface area contributed by atoms with Crippen LogP contribution in [0.5, 0.6) is 0 Å². The molecular weight excluding hydrogens is 965 g/mol. The van der Waals surface area contributed by atoms with E-state index in [1.165, 1.54) is 28.3 Å². The van der Waals surface area contributed by atoms with Crippen LogP contribution in [0.1, 0.15) is 95.9 Å². The first kappa shape index (κ1) is 53.8. The zero-order valence-electron chi connectivity index (χ0n) is 40.0. The van der Waals surface area contributed by atoms with Crippen molar-refractivity contribution >= 4 is 68.5 Å². The maximum atomic E-state index is 15.0.